The molecule has 0 aliphatic rings. The molecule has 1 unspecified atom stereocenters. The van der Waals surface area contributed by atoms with Crippen molar-refractivity contribution in [1.82, 2.24) is 25.3 Å². The van der Waals surface area contributed by atoms with Crippen LogP contribution >= 0.6 is 9.24 Å². The van der Waals surface area contributed by atoms with Crippen LogP contribution in [0.3, 0.4) is 0 Å². The van der Waals surface area contributed by atoms with E-state index in [0.29, 0.717) is 18.7 Å². The second-order valence-electron chi connectivity index (χ2n) is 8.45. The number of aromatic amines is 1. The van der Waals surface area contributed by atoms with E-state index in [-0.39, 0.29) is 11.5 Å². The topological polar surface area (TPSA) is 95.0 Å². The van der Waals surface area contributed by atoms with E-state index >= 15 is 0 Å². The van der Waals surface area contributed by atoms with Crippen LogP contribution in [0, 0.1) is 5.82 Å². The lowest BCUT2D eigenvalue weighted by Gasteiger charge is -2.07. The molecule has 0 radical (unpaired) electrons. The van der Waals surface area contributed by atoms with Crippen molar-refractivity contribution in [1.29, 1.82) is 0 Å². The lowest BCUT2D eigenvalue weighted by molar-refractivity contribution is 0.0701. The van der Waals surface area contributed by atoms with Gasteiger partial charge in [-0.05, 0) is 47.6 Å². The SMILES string of the molecule is O=C(NO)c1cc2c(CNCCc3c[nH]c4ccccc34)cn(Cc3ccc(P)cc3F)c2cn1. The molecule has 0 aliphatic heterocycles. The highest BCUT2D eigenvalue weighted by molar-refractivity contribution is 7.27. The number of carbonyl (C=O) groups excluding carboxylic acids is 1. The number of hydroxylamine groups is 1. The Morgan fingerprint density at radius 2 is 1.97 bits per heavy atom. The van der Waals surface area contributed by atoms with Gasteiger partial charge in [-0.3, -0.25) is 10.0 Å². The predicted molar refractivity (Wildman–Crippen MR) is 138 cm³/mol. The molecule has 3 heterocycles. The van der Waals surface area contributed by atoms with E-state index in [9.17, 15) is 9.18 Å². The molecule has 0 fully saturated rings. The van der Waals surface area contributed by atoms with Gasteiger partial charge in [-0.2, -0.15) is 0 Å². The Labute approximate surface area is 203 Å². The molecule has 3 aromatic heterocycles. The molecule has 7 nitrogen and oxygen atoms in total. The average molecular weight is 489 g/mol. The van der Waals surface area contributed by atoms with E-state index < -0.39 is 5.91 Å². The van der Waals surface area contributed by atoms with Crippen LogP contribution in [0.5, 0.6) is 0 Å². The third-order valence-electron chi connectivity index (χ3n) is 6.16. The fourth-order valence-electron chi connectivity index (χ4n) is 4.37. The predicted octanol–water partition coefficient (Wildman–Crippen LogP) is 3.66. The highest BCUT2D eigenvalue weighted by atomic mass is 31.0. The molecular formula is C26H25FN5O2P. The molecule has 1 atom stereocenters. The molecule has 9 heteroatoms. The van der Waals surface area contributed by atoms with Crippen molar-refractivity contribution in [2.45, 2.75) is 19.5 Å². The first-order chi connectivity index (χ1) is 17.0. The van der Waals surface area contributed by atoms with Crippen molar-refractivity contribution >= 4 is 42.3 Å². The van der Waals surface area contributed by atoms with Crippen LogP contribution in [0.1, 0.15) is 27.2 Å². The van der Waals surface area contributed by atoms with Gasteiger partial charge in [-0.1, -0.05) is 30.3 Å². The highest BCUT2D eigenvalue weighted by Gasteiger charge is 2.15. The summed E-state index contributed by atoms with van der Waals surface area (Å²) >= 11 is 0. The summed E-state index contributed by atoms with van der Waals surface area (Å²) in [6.07, 6.45) is 6.43. The summed E-state index contributed by atoms with van der Waals surface area (Å²) in [7, 11) is 2.49. The Balaban J connectivity index is 1.38. The zero-order chi connectivity index (χ0) is 24.4. The fraction of sp³-hybridized carbons (Fsp3) is 0.154. The molecule has 1 amide bonds. The summed E-state index contributed by atoms with van der Waals surface area (Å²) in [5, 5.41) is 15.3. The first kappa shape index (κ1) is 23.2. The normalized spacial score (nSPS) is 11.4. The van der Waals surface area contributed by atoms with Gasteiger partial charge in [0.1, 0.15) is 11.5 Å². The van der Waals surface area contributed by atoms with Gasteiger partial charge in [0, 0.05) is 40.8 Å². The summed E-state index contributed by atoms with van der Waals surface area (Å²) in [5.41, 5.74) is 6.40. The maximum atomic E-state index is 14.5. The number of hydrogen-bond donors (Lipinski definition) is 4. The summed E-state index contributed by atoms with van der Waals surface area (Å²) in [4.78, 5) is 19.4. The van der Waals surface area contributed by atoms with Crippen molar-refractivity contribution in [2.24, 2.45) is 0 Å². The number of para-hydroxylation sites is 1. The Bertz CT molecular complexity index is 1530. The number of hydrogen-bond acceptors (Lipinski definition) is 4. The van der Waals surface area contributed by atoms with E-state index in [4.69, 9.17) is 5.21 Å². The van der Waals surface area contributed by atoms with Crippen LogP contribution in [-0.4, -0.2) is 32.2 Å². The molecule has 2 aromatic carbocycles. The number of carbonyl (C=O) groups is 1. The van der Waals surface area contributed by atoms with E-state index in [1.54, 1.807) is 23.8 Å². The smallest absolute Gasteiger partial charge is 0.293 e. The van der Waals surface area contributed by atoms with Gasteiger partial charge in [0.15, 0.2) is 0 Å². The van der Waals surface area contributed by atoms with Gasteiger partial charge in [0.05, 0.1) is 18.3 Å². The number of H-pyrrole nitrogens is 1. The molecule has 5 aromatic rings. The molecule has 0 spiro atoms. The van der Waals surface area contributed by atoms with Crippen molar-refractivity contribution in [3.8, 4) is 0 Å². The number of rotatable bonds is 8. The van der Waals surface area contributed by atoms with E-state index in [2.05, 4.69) is 36.7 Å². The number of aromatic nitrogens is 3. The first-order valence-electron chi connectivity index (χ1n) is 11.3. The standard InChI is InChI=1S/C26H25FN5O2P/c27-22-9-19(35)6-5-17(22)14-32-15-18(21-10-24(26(33)31-34)30-13-25(21)32)11-28-8-7-16-12-29-23-4-2-1-3-20(16)23/h1-6,9-10,12-13,15,28-29,34H,7-8,11,14,35H2,(H,31,33). The second-order valence-corrected chi connectivity index (χ2v) is 9.11. The van der Waals surface area contributed by atoms with Crippen molar-refractivity contribution < 1.29 is 14.4 Å². The molecule has 5 rings (SSSR count). The van der Waals surface area contributed by atoms with Crippen LogP contribution in [0.4, 0.5) is 4.39 Å². The highest BCUT2D eigenvalue weighted by Crippen LogP contribution is 2.24. The molecule has 0 saturated heterocycles. The number of nitrogens with one attached hydrogen (secondary N) is 3. The Morgan fingerprint density at radius 1 is 1.11 bits per heavy atom. The van der Waals surface area contributed by atoms with Gasteiger partial charge >= 0.3 is 0 Å². The van der Waals surface area contributed by atoms with E-state index in [1.807, 2.05) is 35.2 Å². The summed E-state index contributed by atoms with van der Waals surface area (Å²) in [6.45, 7) is 1.65. The molecular weight excluding hydrogens is 464 g/mol. The molecule has 0 aliphatic carbocycles. The fourth-order valence-corrected chi connectivity index (χ4v) is 4.62. The Kier molecular flexibility index (Phi) is 6.59. The third-order valence-corrected chi connectivity index (χ3v) is 6.52. The lowest BCUT2D eigenvalue weighted by Crippen LogP contribution is -2.20. The maximum Gasteiger partial charge on any atom is 0.293 e. The Hall–Kier alpha value is -3.58. The maximum absolute atomic E-state index is 14.5. The molecule has 178 valence electrons. The summed E-state index contributed by atoms with van der Waals surface area (Å²) in [6, 6.07) is 15.0. The van der Waals surface area contributed by atoms with E-state index in [1.165, 1.54) is 17.0 Å². The van der Waals surface area contributed by atoms with Gasteiger partial charge in [0.25, 0.3) is 5.91 Å². The van der Waals surface area contributed by atoms with Crippen LogP contribution in [0.15, 0.2) is 67.1 Å². The second kappa shape index (κ2) is 9.96. The lowest BCUT2D eigenvalue weighted by atomic mass is 10.1. The van der Waals surface area contributed by atoms with Gasteiger partial charge in [-0.15, -0.1) is 9.24 Å². The first-order valence-corrected chi connectivity index (χ1v) is 11.8. The van der Waals surface area contributed by atoms with Crippen molar-refractivity contribution in [2.75, 3.05) is 6.54 Å². The number of halogens is 1. The Morgan fingerprint density at radius 3 is 2.80 bits per heavy atom. The quantitative estimate of drug-likeness (QED) is 0.116. The molecule has 4 N–H and O–H groups in total. The number of amides is 1. The number of benzene rings is 2. The molecule has 35 heavy (non-hydrogen) atoms. The minimum atomic E-state index is -0.681. The van der Waals surface area contributed by atoms with Gasteiger partial charge < -0.3 is 14.9 Å². The van der Waals surface area contributed by atoms with Crippen LogP contribution < -0.4 is 16.1 Å². The minimum Gasteiger partial charge on any atom is -0.361 e. The number of nitrogens with zero attached hydrogens (tertiary/aromatic N) is 2. The molecule has 0 saturated carbocycles. The van der Waals surface area contributed by atoms with Crippen molar-refractivity contribution in [3.63, 3.8) is 0 Å². The van der Waals surface area contributed by atoms with E-state index in [0.717, 1.165) is 40.3 Å². The summed E-state index contributed by atoms with van der Waals surface area (Å²) < 4.78 is 16.4. The average Bonchev–Trinajstić information content (AvgIpc) is 3.44. The third kappa shape index (κ3) is 4.82. The van der Waals surface area contributed by atoms with Gasteiger partial charge in [0.2, 0.25) is 0 Å². The van der Waals surface area contributed by atoms with Crippen LogP contribution in [-0.2, 0) is 19.5 Å². The largest absolute Gasteiger partial charge is 0.361 e. The summed E-state index contributed by atoms with van der Waals surface area (Å²) in [5.74, 6) is -0.957. The minimum absolute atomic E-state index is 0.108. The monoisotopic (exact) mass is 489 g/mol. The zero-order valence-electron chi connectivity index (χ0n) is 18.9. The van der Waals surface area contributed by atoms with Crippen LogP contribution in [0.25, 0.3) is 21.8 Å². The van der Waals surface area contributed by atoms with Crippen LogP contribution in [0.2, 0.25) is 0 Å². The van der Waals surface area contributed by atoms with Crippen molar-refractivity contribution in [3.05, 3.63) is 95.3 Å². The number of pyridine rings is 1. The van der Waals surface area contributed by atoms with Gasteiger partial charge in [-0.25, -0.2) is 14.9 Å². The molecule has 0 bridgehead atoms. The zero-order valence-corrected chi connectivity index (χ0v) is 20.0. The number of fused-ring (bicyclic) bond motifs is 2.